The fraction of sp³-hybridized carbons (Fsp3) is 0.190. The van der Waals surface area contributed by atoms with Crippen molar-refractivity contribution in [2.45, 2.75) is 0 Å². The first-order valence-electron chi connectivity index (χ1n) is 8.30. The van der Waals surface area contributed by atoms with Crippen molar-refractivity contribution in [3.05, 3.63) is 71.9 Å². The summed E-state index contributed by atoms with van der Waals surface area (Å²) in [6.45, 7) is 1.60. The van der Waals surface area contributed by atoms with Gasteiger partial charge >= 0.3 is 0 Å². The van der Waals surface area contributed by atoms with E-state index in [0.717, 1.165) is 35.2 Å². The predicted octanol–water partition coefficient (Wildman–Crippen LogP) is 5.69. The lowest BCUT2D eigenvalue weighted by molar-refractivity contribution is 0.874. The van der Waals surface area contributed by atoms with E-state index in [1.807, 2.05) is 30.5 Å². The number of fused-ring (bicyclic) bond motifs is 1. The predicted molar refractivity (Wildman–Crippen MR) is 111 cm³/mol. The fourth-order valence-electron chi connectivity index (χ4n) is 2.82. The second-order valence-corrected chi connectivity index (χ2v) is 6.46. The summed E-state index contributed by atoms with van der Waals surface area (Å²) in [6.07, 6.45) is 6.11. The molecule has 0 amide bonds. The van der Waals surface area contributed by atoms with Gasteiger partial charge in [-0.15, -0.1) is 23.2 Å². The molecule has 0 saturated heterocycles. The Kier molecular flexibility index (Phi) is 6.32. The molecule has 0 aliphatic rings. The Bertz CT molecular complexity index is 833. The molecule has 1 aromatic heterocycles. The van der Waals surface area contributed by atoms with Gasteiger partial charge in [-0.3, -0.25) is 4.98 Å². The third-order valence-electron chi connectivity index (χ3n) is 4.11. The molecule has 25 heavy (non-hydrogen) atoms. The molecule has 128 valence electrons. The summed E-state index contributed by atoms with van der Waals surface area (Å²) in [5.74, 6) is 1.18. The van der Waals surface area contributed by atoms with Crippen molar-refractivity contribution < 1.29 is 0 Å². The van der Waals surface area contributed by atoms with Gasteiger partial charge in [-0.25, -0.2) is 0 Å². The van der Waals surface area contributed by atoms with Gasteiger partial charge in [0.2, 0.25) is 0 Å². The molecule has 0 fully saturated rings. The van der Waals surface area contributed by atoms with E-state index in [1.165, 1.54) is 5.56 Å². The summed E-state index contributed by atoms with van der Waals surface area (Å²) in [7, 11) is 0. The van der Waals surface area contributed by atoms with Crippen LogP contribution in [0.2, 0.25) is 0 Å². The molecule has 0 saturated carbocycles. The van der Waals surface area contributed by atoms with Gasteiger partial charge in [0.15, 0.2) is 0 Å². The molecule has 0 aliphatic carbocycles. The molecule has 0 aliphatic heterocycles. The first-order chi connectivity index (χ1) is 12.3. The molecule has 0 unspecified atom stereocenters. The van der Waals surface area contributed by atoms with Gasteiger partial charge in [0.25, 0.3) is 0 Å². The summed E-state index contributed by atoms with van der Waals surface area (Å²) >= 11 is 11.8. The Balaban J connectivity index is 1.79. The van der Waals surface area contributed by atoms with E-state index in [-0.39, 0.29) is 0 Å². The number of para-hydroxylation sites is 1. The molecular weight excluding hydrogens is 351 g/mol. The zero-order valence-electron chi connectivity index (χ0n) is 13.9. The summed E-state index contributed by atoms with van der Waals surface area (Å²) in [4.78, 5) is 6.60. The highest BCUT2D eigenvalue weighted by Gasteiger charge is 2.04. The van der Waals surface area contributed by atoms with Gasteiger partial charge in [0, 0.05) is 42.1 Å². The highest BCUT2D eigenvalue weighted by molar-refractivity contribution is 6.18. The van der Waals surface area contributed by atoms with E-state index in [0.29, 0.717) is 11.8 Å². The van der Waals surface area contributed by atoms with Crippen molar-refractivity contribution in [2.24, 2.45) is 0 Å². The SMILES string of the molecule is ClCCN(CCCl)c1ccc(/C=C/c2ccnc3ccccc23)cc1. The second kappa shape index (κ2) is 8.89. The maximum absolute atomic E-state index is 5.88. The number of hydrogen-bond donors (Lipinski definition) is 0. The highest BCUT2D eigenvalue weighted by Crippen LogP contribution is 2.20. The lowest BCUT2D eigenvalue weighted by Gasteiger charge is -2.22. The van der Waals surface area contributed by atoms with E-state index >= 15 is 0 Å². The van der Waals surface area contributed by atoms with Crippen LogP contribution >= 0.6 is 23.2 Å². The standard InChI is InChI=1S/C21H20Cl2N2/c22-12-15-25(16-13-23)19-9-6-17(7-10-19)5-8-18-11-14-24-21-4-2-1-3-20(18)21/h1-11,14H,12-13,15-16H2/b8-5+. The van der Waals surface area contributed by atoms with Crippen LogP contribution in [-0.4, -0.2) is 29.8 Å². The van der Waals surface area contributed by atoms with Crippen molar-refractivity contribution in [1.29, 1.82) is 0 Å². The average molecular weight is 371 g/mol. The van der Waals surface area contributed by atoms with Crippen LogP contribution in [0.3, 0.4) is 0 Å². The summed E-state index contributed by atoms with van der Waals surface area (Å²) in [5.41, 5.74) is 4.48. The molecule has 1 heterocycles. The van der Waals surface area contributed by atoms with Crippen LogP contribution < -0.4 is 4.90 Å². The number of benzene rings is 2. The largest absolute Gasteiger partial charge is 0.369 e. The lowest BCUT2D eigenvalue weighted by atomic mass is 10.1. The summed E-state index contributed by atoms with van der Waals surface area (Å²) in [5, 5.41) is 1.16. The minimum atomic E-state index is 0.591. The zero-order chi connectivity index (χ0) is 17.5. The molecule has 3 rings (SSSR count). The van der Waals surface area contributed by atoms with Crippen molar-refractivity contribution >= 4 is 51.9 Å². The van der Waals surface area contributed by atoms with Crippen molar-refractivity contribution in [3.63, 3.8) is 0 Å². The summed E-state index contributed by atoms with van der Waals surface area (Å²) in [6, 6.07) is 18.7. The first-order valence-corrected chi connectivity index (χ1v) is 9.37. The van der Waals surface area contributed by atoms with E-state index in [4.69, 9.17) is 23.2 Å². The van der Waals surface area contributed by atoms with Gasteiger partial charge in [-0.1, -0.05) is 42.5 Å². The molecule has 0 radical (unpaired) electrons. The normalized spacial score (nSPS) is 11.3. The van der Waals surface area contributed by atoms with Crippen LogP contribution in [0, 0.1) is 0 Å². The number of halogens is 2. The van der Waals surface area contributed by atoms with Crippen LogP contribution in [0.5, 0.6) is 0 Å². The molecule has 0 N–H and O–H groups in total. The van der Waals surface area contributed by atoms with Gasteiger partial charge < -0.3 is 4.90 Å². The van der Waals surface area contributed by atoms with Crippen molar-refractivity contribution in [2.75, 3.05) is 29.7 Å². The molecule has 0 atom stereocenters. The first kappa shape index (κ1) is 17.8. The van der Waals surface area contributed by atoms with Crippen LogP contribution in [-0.2, 0) is 0 Å². The molecule has 2 aromatic carbocycles. The Morgan fingerprint density at radius 2 is 1.56 bits per heavy atom. The minimum Gasteiger partial charge on any atom is -0.369 e. The van der Waals surface area contributed by atoms with Gasteiger partial charge in [0.1, 0.15) is 0 Å². The number of alkyl halides is 2. The van der Waals surface area contributed by atoms with Crippen LogP contribution in [0.15, 0.2) is 60.8 Å². The topological polar surface area (TPSA) is 16.1 Å². The average Bonchev–Trinajstić information content (AvgIpc) is 2.66. The van der Waals surface area contributed by atoms with E-state index < -0.39 is 0 Å². The maximum atomic E-state index is 5.88. The number of nitrogens with zero attached hydrogens (tertiary/aromatic N) is 2. The third kappa shape index (κ3) is 4.53. The number of hydrogen-bond acceptors (Lipinski definition) is 2. The van der Waals surface area contributed by atoms with Crippen LogP contribution in [0.4, 0.5) is 5.69 Å². The Morgan fingerprint density at radius 1 is 0.840 bits per heavy atom. The highest BCUT2D eigenvalue weighted by atomic mass is 35.5. The van der Waals surface area contributed by atoms with E-state index in [1.54, 1.807) is 0 Å². The zero-order valence-corrected chi connectivity index (χ0v) is 15.4. The molecule has 0 spiro atoms. The van der Waals surface area contributed by atoms with Crippen molar-refractivity contribution in [1.82, 2.24) is 4.98 Å². The molecule has 4 heteroatoms. The monoisotopic (exact) mass is 370 g/mol. The van der Waals surface area contributed by atoms with E-state index in [2.05, 4.69) is 52.4 Å². The molecule has 0 bridgehead atoms. The fourth-order valence-corrected chi connectivity index (χ4v) is 3.23. The second-order valence-electron chi connectivity index (χ2n) is 5.71. The number of anilines is 1. The molecule has 2 nitrogen and oxygen atoms in total. The van der Waals surface area contributed by atoms with Crippen LogP contribution in [0.25, 0.3) is 23.1 Å². The van der Waals surface area contributed by atoms with Gasteiger partial charge in [-0.2, -0.15) is 0 Å². The lowest BCUT2D eigenvalue weighted by Crippen LogP contribution is -2.27. The van der Waals surface area contributed by atoms with Crippen LogP contribution in [0.1, 0.15) is 11.1 Å². The summed E-state index contributed by atoms with van der Waals surface area (Å²) < 4.78 is 0. The number of aromatic nitrogens is 1. The smallest absolute Gasteiger partial charge is 0.0707 e. The minimum absolute atomic E-state index is 0.591. The van der Waals surface area contributed by atoms with E-state index in [9.17, 15) is 0 Å². The van der Waals surface area contributed by atoms with Gasteiger partial charge in [-0.05, 0) is 35.4 Å². The molecular formula is C21H20Cl2N2. The van der Waals surface area contributed by atoms with Gasteiger partial charge in [0.05, 0.1) is 5.52 Å². The number of rotatable bonds is 7. The number of pyridine rings is 1. The molecule has 3 aromatic rings. The maximum Gasteiger partial charge on any atom is 0.0707 e. The third-order valence-corrected chi connectivity index (χ3v) is 4.44. The Hall–Kier alpha value is -2.03. The quantitative estimate of drug-likeness (QED) is 0.496. The van der Waals surface area contributed by atoms with Crippen molar-refractivity contribution in [3.8, 4) is 0 Å². The Labute approximate surface area is 158 Å². The Morgan fingerprint density at radius 3 is 2.28 bits per heavy atom.